The number of rotatable bonds is 6. The molecule has 3 aromatic rings. The Morgan fingerprint density at radius 2 is 2.04 bits per heavy atom. The predicted octanol–water partition coefficient (Wildman–Crippen LogP) is 4.28. The molecule has 5 heteroatoms. The van der Waals surface area contributed by atoms with Gasteiger partial charge >= 0.3 is 0 Å². The summed E-state index contributed by atoms with van der Waals surface area (Å²) in [6.45, 7) is 8.68. The first kappa shape index (κ1) is 17.2. The van der Waals surface area contributed by atoms with Crippen LogP contribution in [0.5, 0.6) is 5.75 Å². The highest BCUT2D eigenvalue weighted by Crippen LogP contribution is 2.24. The van der Waals surface area contributed by atoms with E-state index >= 15 is 0 Å². The zero-order valence-corrected chi connectivity index (χ0v) is 15.2. The molecule has 0 aliphatic heterocycles. The maximum atomic E-state index is 12.0. The number of thiazole rings is 1. The van der Waals surface area contributed by atoms with E-state index in [4.69, 9.17) is 4.74 Å². The van der Waals surface area contributed by atoms with E-state index in [0.717, 1.165) is 33.2 Å². The standard InChI is InChI=1S/C20H20N2O2S/c1-14(2)12-24-17-6-4-16(5-7-17)18-13-25-19(21-18)11-22-9-8-15(3)10-20(22)23/h4-10,13H,1,11-12H2,2-3H3. The number of ether oxygens (including phenoxy) is 1. The van der Waals surface area contributed by atoms with Crippen molar-refractivity contribution >= 4 is 11.3 Å². The minimum Gasteiger partial charge on any atom is -0.489 e. The van der Waals surface area contributed by atoms with Crippen LogP contribution in [-0.4, -0.2) is 16.2 Å². The van der Waals surface area contributed by atoms with Gasteiger partial charge in [0.25, 0.3) is 5.56 Å². The van der Waals surface area contributed by atoms with Crippen LogP contribution in [0.3, 0.4) is 0 Å². The van der Waals surface area contributed by atoms with E-state index in [1.165, 1.54) is 0 Å². The van der Waals surface area contributed by atoms with Gasteiger partial charge in [-0.1, -0.05) is 6.58 Å². The highest BCUT2D eigenvalue weighted by Gasteiger charge is 2.07. The van der Waals surface area contributed by atoms with Gasteiger partial charge in [0.15, 0.2) is 0 Å². The fourth-order valence-electron chi connectivity index (χ4n) is 2.33. The van der Waals surface area contributed by atoms with Gasteiger partial charge in [0.2, 0.25) is 0 Å². The third-order valence-electron chi connectivity index (χ3n) is 3.64. The highest BCUT2D eigenvalue weighted by atomic mass is 32.1. The Balaban J connectivity index is 1.72. The predicted molar refractivity (Wildman–Crippen MR) is 102 cm³/mol. The molecular weight excluding hydrogens is 332 g/mol. The summed E-state index contributed by atoms with van der Waals surface area (Å²) in [6.07, 6.45) is 1.81. The van der Waals surface area contributed by atoms with Crippen LogP contribution in [0.1, 0.15) is 17.5 Å². The quantitative estimate of drug-likeness (QED) is 0.622. The second-order valence-electron chi connectivity index (χ2n) is 6.07. The van der Waals surface area contributed by atoms with Crippen LogP contribution in [0.15, 0.2) is 64.9 Å². The van der Waals surface area contributed by atoms with Crippen LogP contribution in [0.25, 0.3) is 11.3 Å². The molecule has 1 aromatic carbocycles. The van der Waals surface area contributed by atoms with E-state index in [1.54, 1.807) is 22.0 Å². The fraction of sp³-hybridized carbons (Fsp3) is 0.200. The number of pyridine rings is 1. The molecule has 4 nitrogen and oxygen atoms in total. The van der Waals surface area contributed by atoms with Crippen molar-refractivity contribution in [3.8, 4) is 17.0 Å². The molecule has 3 rings (SSSR count). The molecule has 2 aromatic heterocycles. The molecule has 0 atom stereocenters. The minimum atomic E-state index is -0.00392. The van der Waals surface area contributed by atoms with E-state index in [-0.39, 0.29) is 5.56 Å². The molecule has 0 aliphatic rings. The van der Waals surface area contributed by atoms with E-state index in [0.29, 0.717) is 13.2 Å². The lowest BCUT2D eigenvalue weighted by atomic mass is 10.2. The van der Waals surface area contributed by atoms with Gasteiger partial charge in [-0.2, -0.15) is 0 Å². The second-order valence-corrected chi connectivity index (χ2v) is 7.01. The number of hydrogen-bond acceptors (Lipinski definition) is 4. The van der Waals surface area contributed by atoms with Crippen molar-refractivity contribution in [2.75, 3.05) is 6.61 Å². The van der Waals surface area contributed by atoms with Gasteiger partial charge in [-0.25, -0.2) is 4.98 Å². The van der Waals surface area contributed by atoms with Crippen LogP contribution >= 0.6 is 11.3 Å². The Morgan fingerprint density at radius 1 is 1.28 bits per heavy atom. The van der Waals surface area contributed by atoms with E-state index in [2.05, 4.69) is 11.6 Å². The van der Waals surface area contributed by atoms with Gasteiger partial charge in [-0.05, 0) is 55.3 Å². The molecule has 0 bridgehead atoms. The fourth-order valence-corrected chi connectivity index (χ4v) is 3.13. The topological polar surface area (TPSA) is 44.1 Å². The molecule has 0 aliphatic carbocycles. The highest BCUT2D eigenvalue weighted by molar-refractivity contribution is 7.09. The lowest BCUT2D eigenvalue weighted by molar-refractivity contribution is 0.353. The van der Waals surface area contributed by atoms with Gasteiger partial charge in [0.05, 0.1) is 12.2 Å². The first-order chi connectivity index (χ1) is 12.0. The van der Waals surface area contributed by atoms with Crippen LogP contribution in [0.2, 0.25) is 0 Å². The zero-order valence-electron chi connectivity index (χ0n) is 14.4. The summed E-state index contributed by atoms with van der Waals surface area (Å²) in [6, 6.07) is 11.4. The summed E-state index contributed by atoms with van der Waals surface area (Å²) in [7, 11) is 0. The monoisotopic (exact) mass is 352 g/mol. The maximum absolute atomic E-state index is 12.0. The molecular formula is C20H20N2O2S. The summed E-state index contributed by atoms with van der Waals surface area (Å²) in [5.74, 6) is 0.813. The maximum Gasteiger partial charge on any atom is 0.251 e. The third-order valence-corrected chi connectivity index (χ3v) is 4.48. The third kappa shape index (κ3) is 4.45. The smallest absolute Gasteiger partial charge is 0.251 e. The first-order valence-corrected chi connectivity index (χ1v) is 8.88. The molecule has 0 fully saturated rings. The Morgan fingerprint density at radius 3 is 2.72 bits per heavy atom. The summed E-state index contributed by atoms with van der Waals surface area (Å²) in [4.78, 5) is 16.6. The van der Waals surface area contributed by atoms with E-state index in [1.807, 2.05) is 55.8 Å². The summed E-state index contributed by atoms with van der Waals surface area (Å²) in [5, 5.41) is 2.92. The molecule has 0 unspecified atom stereocenters. The SMILES string of the molecule is C=C(C)COc1ccc(-c2csc(Cn3ccc(C)cc3=O)n2)cc1. The molecule has 0 N–H and O–H groups in total. The Bertz CT molecular complexity index is 939. The number of benzene rings is 1. The summed E-state index contributed by atoms with van der Waals surface area (Å²) < 4.78 is 7.28. The Kier molecular flexibility index (Phi) is 5.14. The molecule has 0 spiro atoms. The normalized spacial score (nSPS) is 10.6. The van der Waals surface area contributed by atoms with Crippen molar-refractivity contribution in [2.24, 2.45) is 0 Å². The molecule has 2 heterocycles. The van der Waals surface area contributed by atoms with Crippen molar-refractivity contribution in [1.82, 2.24) is 9.55 Å². The molecule has 0 amide bonds. The van der Waals surface area contributed by atoms with Gasteiger partial charge in [-0.3, -0.25) is 4.79 Å². The average Bonchev–Trinajstić information content (AvgIpc) is 3.04. The zero-order chi connectivity index (χ0) is 17.8. The molecule has 0 radical (unpaired) electrons. The molecule has 128 valence electrons. The van der Waals surface area contributed by atoms with Gasteiger partial charge in [0.1, 0.15) is 17.4 Å². The van der Waals surface area contributed by atoms with E-state index < -0.39 is 0 Å². The lowest BCUT2D eigenvalue weighted by Crippen LogP contribution is -2.19. The number of nitrogens with zero attached hydrogens (tertiary/aromatic N) is 2. The molecule has 0 saturated carbocycles. The van der Waals surface area contributed by atoms with Crippen molar-refractivity contribution < 1.29 is 4.74 Å². The second kappa shape index (κ2) is 7.49. The van der Waals surface area contributed by atoms with Crippen molar-refractivity contribution in [1.29, 1.82) is 0 Å². The molecule has 25 heavy (non-hydrogen) atoms. The van der Waals surface area contributed by atoms with Crippen LogP contribution in [0.4, 0.5) is 0 Å². The van der Waals surface area contributed by atoms with E-state index in [9.17, 15) is 4.79 Å². The van der Waals surface area contributed by atoms with Crippen LogP contribution in [-0.2, 0) is 6.54 Å². The number of aromatic nitrogens is 2. The first-order valence-electron chi connectivity index (χ1n) is 8.00. The number of aryl methyl sites for hydroxylation is 1. The van der Waals surface area contributed by atoms with Crippen molar-refractivity contribution in [3.05, 3.63) is 81.1 Å². The molecule has 0 saturated heterocycles. The Labute approximate surface area is 151 Å². The van der Waals surface area contributed by atoms with Gasteiger partial charge in [0, 0.05) is 23.2 Å². The van der Waals surface area contributed by atoms with Crippen LogP contribution in [0, 0.1) is 6.92 Å². The van der Waals surface area contributed by atoms with Gasteiger partial charge < -0.3 is 9.30 Å². The largest absolute Gasteiger partial charge is 0.489 e. The summed E-state index contributed by atoms with van der Waals surface area (Å²) >= 11 is 1.56. The lowest BCUT2D eigenvalue weighted by Gasteiger charge is -2.06. The Hall–Kier alpha value is -2.66. The minimum absolute atomic E-state index is 0.00392. The van der Waals surface area contributed by atoms with Crippen molar-refractivity contribution in [2.45, 2.75) is 20.4 Å². The average molecular weight is 352 g/mol. The van der Waals surface area contributed by atoms with Crippen molar-refractivity contribution in [3.63, 3.8) is 0 Å². The summed E-state index contributed by atoms with van der Waals surface area (Å²) in [5.41, 5.74) is 3.89. The van der Waals surface area contributed by atoms with Gasteiger partial charge in [-0.15, -0.1) is 11.3 Å². The number of hydrogen-bond donors (Lipinski definition) is 0. The van der Waals surface area contributed by atoms with Crippen LogP contribution < -0.4 is 10.3 Å².